The molecule has 0 aliphatic carbocycles. The highest BCUT2D eigenvalue weighted by molar-refractivity contribution is 5.90. The van der Waals surface area contributed by atoms with Crippen molar-refractivity contribution in [1.82, 2.24) is 14.7 Å². The topological polar surface area (TPSA) is 55.9 Å². The summed E-state index contributed by atoms with van der Waals surface area (Å²) >= 11 is 0. The van der Waals surface area contributed by atoms with Gasteiger partial charge in [-0.25, -0.2) is 9.18 Å². The van der Waals surface area contributed by atoms with Gasteiger partial charge in [-0.1, -0.05) is 58.0 Å². The number of halogens is 1. The van der Waals surface area contributed by atoms with Crippen molar-refractivity contribution in [3.63, 3.8) is 0 Å². The maximum Gasteiger partial charge on any atom is 0.321 e. The third kappa shape index (κ3) is 9.47. The second-order valence-electron chi connectivity index (χ2n) is 11.6. The molecule has 7 heteroatoms. The van der Waals surface area contributed by atoms with E-state index in [2.05, 4.69) is 37.9 Å². The summed E-state index contributed by atoms with van der Waals surface area (Å²) in [5.74, 6) is 0.153. The molecule has 0 bridgehead atoms. The smallest absolute Gasteiger partial charge is 0.321 e. The Balaban J connectivity index is 1.54. The van der Waals surface area contributed by atoms with Crippen molar-refractivity contribution in [2.75, 3.05) is 44.6 Å². The molecule has 1 saturated heterocycles. The number of benzene rings is 2. The van der Waals surface area contributed by atoms with E-state index < -0.39 is 0 Å². The van der Waals surface area contributed by atoms with Crippen molar-refractivity contribution in [3.05, 3.63) is 65.5 Å². The number of hydrogen-bond donors (Lipinski definition) is 1. The van der Waals surface area contributed by atoms with E-state index in [1.165, 1.54) is 12.1 Å². The SMILES string of the molecule is Cc1ccccc1NC(=O)N1CCN(CCN(Cc2ccc(F)cc2)C(=O)CC(C)CC(C)(C)C)CC1. The van der Waals surface area contributed by atoms with Gasteiger partial charge in [0, 0.05) is 57.9 Å². The number of para-hydroxylation sites is 1. The average Bonchev–Trinajstić information content (AvgIpc) is 2.83. The predicted molar refractivity (Wildman–Crippen MR) is 148 cm³/mol. The predicted octanol–water partition coefficient (Wildman–Crippen LogP) is 5.77. The van der Waals surface area contributed by atoms with Gasteiger partial charge in [-0.3, -0.25) is 9.69 Å². The van der Waals surface area contributed by atoms with Crippen LogP contribution in [0.2, 0.25) is 0 Å². The second kappa shape index (κ2) is 13.0. The fourth-order valence-corrected chi connectivity index (χ4v) is 4.99. The van der Waals surface area contributed by atoms with Crippen LogP contribution in [0.3, 0.4) is 0 Å². The number of aryl methyl sites for hydroxylation is 1. The van der Waals surface area contributed by atoms with Gasteiger partial charge in [-0.2, -0.15) is 0 Å². The van der Waals surface area contributed by atoms with Gasteiger partial charge in [-0.15, -0.1) is 0 Å². The molecule has 1 heterocycles. The summed E-state index contributed by atoms with van der Waals surface area (Å²) in [6.07, 6.45) is 1.49. The Morgan fingerprint density at radius 3 is 2.30 bits per heavy atom. The van der Waals surface area contributed by atoms with Crippen LogP contribution in [-0.2, 0) is 11.3 Å². The number of carbonyl (C=O) groups is 2. The molecular formula is C30H43FN4O2. The minimum absolute atomic E-state index is 0.0742. The molecule has 1 atom stereocenters. The van der Waals surface area contributed by atoms with Crippen LogP contribution in [0.5, 0.6) is 0 Å². The molecule has 37 heavy (non-hydrogen) atoms. The summed E-state index contributed by atoms with van der Waals surface area (Å²) in [5, 5.41) is 3.01. The van der Waals surface area contributed by atoms with E-state index in [1.807, 2.05) is 41.0 Å². The quantitative estimate of drug-likeness (QED) is 0.466. The second-order valence-corrected chi connectivity index (χ2v) is 11.6. The largest absolute Gasteiger partial charge is 0.337 e. The lowest BCUT2D eigenvalue weighted by atomic mass is 9.84. The van der Waals surface area contributed by atoms with Gasteiger partial charge >= 0.3 is 6.03 Å². The zero-order valence-corrected chi connectivity index (χ0v) is 23.1. The van der Waals surface area contributed by atoms with E-state index in [0.29, 0.717) is 38.5 Å². The third-order valence-electron chi connectivity index (χ3n) is 6.86. The molecule has 1 aliphatic rings. The number of hydrogen-bond acceptors (Lipinski definition) is 3. The number of urea groups is 1. The summed E-state index contributed by atoms with van der Waals surface area (Å²) in [6.45, 7) is 15.4. The molecule has 1 unspecified atom stereocenters. The van der Waals surface area contributed by atoms with Crippen molar-refractivity contribution < 1.29 is 14.0 Å². The van der Waals surface area contributed by atoms with Crippen LogP contribution in [0.25, 0.3) is 0 Å². The van der Waals surface area contributed by atoms with Gasteiger partial charge in [0.05, 0.1) is 0 Å². The monoisotopic (exact) mass is 510 g/mol. The fraction of sp³-hybridized carbons (Fsp3) is 0.533. The van der Waals surface area contributed by atoms with Crippen LogP contribution in [0, 0.1) is 24.1 Å². The average molecular weight is 511 g/mol. The van der Waals surface area contributed by atoms with Crippen molar-refractivity contribution in [2.24, 2.45) is 11.3 Å². The summed E-state index contributed by atoms with van der Waals surface area (Å²) < 4.78 is 13.4. The van der Waals surface area contributed by atoms with Crippen LogP contribution >= 0.6 is 0 Å². The molecule has 0 radical (unpaired) electrons. The Kier molecular flexibility index (Phi) is 10.1. The molecule has 0 spiro atoms. The first kappa shape index (κ1) is 28.6. The number of anilines is 1. The summed E-state index contributed by atoms with van der Waals surface area (Å²) in [4.78, 5) is 32.1. The first-order valence-electron chi connectivity index (χ1n) is 13.4. The molecule has 202 valence electrons. The van der Waals surface area contributed by atoms with Gasteiger partial charge in [0.25, 0.3) is 0 Å². The minimum Gasteiger partial charge on any atom is -0.337 e. The van der Waals surface area contributed by atoms with Crippen LogP contribution < -0.4 is 5.32 Å². The van der Waals surface area contributed by atoms with Gasteiger partial charge in [0.15, 0.2) is 0 Å². The Bertz CT molecular complexity index is 1030. The van der Waals surface area contributed by atoms with Gasteiger partial charge in [-0.05, 0) is 54.0 Å². The number of amides is 3. The summed E-state index contributed by atoms with van der Waals surface area (Å²) in [5.41, 5.74) is 2.98. The van der Waals surface area contributed by atoms with E-state index in [4.69, 9.17) is 0 Å². The number of carbonyl (C=O) groups excluding carboxylic acids is 2. The molecule has 1 fully saturated rings. The third-order valence-corrected chi connectivity index (χ3v) is 6.86. The summed E-state index contributed by atoms with van der Waals surface area (Å²) in [7, 11) is 0. The zero-order chi connectivity index (χ0) is 27.0. The highest BCUT2D eigenvalue weighted by Crippen LogP contribution is 2.26. The van der Waals surface area contributed by atoms with Crippen LogP contribution in [0.4, 0.5) is 14.9 Å². The lowest BCUT2D eigenvalue weighted by Crippen LogP contribution is -2.51. The summed E-state index contributed by atoms with van der Waals surface area (Å²) in [6, 6.07) is 14.1. The molecule has 3 rings (SSSR count). The maximum absolute atomic E-state index is 13.4. The maximum atomic E-state index is 13.4. The molecule has 1 N–H and O–H groups in total. The van der Waals surface area contributed by atoms with Crippen molar-refractivity contribution in [1.29, 1.82) is 0 Å². The van der Waals surface area contributed by atoms with Crippen LogP contribution in [0.1, 0.15) is 51.7 Å². The van der Waals surface area contributed by atoms with E-state index >= 15 is 0 Å². The number of nitrogens with one attached hydrogen (secondary N) is 1. The molecule has 3 amide bonds. The van der Waals surface area contributed by atoms with Crippen molar-refractivity contribution >= 4 is 17.6 Å². The van der Waals surface area contributed by atoms with E-state index in [1.54, 1.807) is 12.1 Å². The lowest BCUT2D eigenvalue weighted by Gasteiger charge is -2.36. The molecule has 2 aromatic carbocycles. The number of rotatable bonds is 9. The molecule has 1 aliphatic heterocycles. The van der Waals surface area contributed by atoms with E-state index in [9.17, 15) is 14.0 Å². The van der Waals surface area contributed by atoms with E-state index in [0.717, 1.165) is 42.9 Å². The first-order valence-corrected chi connectivity index (χ1v) is 13.4. The Morgan fingerprint density at radius 2 is 1.68 bits per heavy atom. The highest BCUT2D eigenvalue weighted by atomic mass is 19.1. The van der Waals surface area contributed by atoms with Gasteiger partial charge < -0.3 is 15.1 Å². The first-order chi connectivity index (χ1) is 17.5. The lowest BCUT2D eigenvalue weighted by molar-refractivity contribution is -0.133. The van der Waals surface area contributed by atoms with Gasteiger partial charge in [0.2, 0.25) is 5.91 Å². The Hall–Kier alpha value is -2.93. The Labute approximate surface area is 221 Å². The van der Waals surface area contributed by atoms with Crippen LogP contribution in [-0.4, -0.2) is 65.9 Å². The molecule has 0 aromatic heterocycles. The molecule has 0 saturated carbocycles. The zero-order valence-electron chi connectivity index (χ0n) is 23.1. The van der Waals surface area contributed by atoms with E-state index in [-0.39, 0.29) is 23.2 Å². The Morgan fingerprint density at radius 1 is 1.03 bits per heavy atom. The normalized spacial score (nSPS) is 15.4. The number of piperazine rings is 1. The standard InChI is InChI=1S/C30H43FN4O2/c1-23(21-30(3,4)5)20-28(36)35(22-25-10-12-26(31)13-11-25)19-16-33-14-17-34(18-15-33)29(37)32-27-9-7-6-8-24(27)2/h6-13,23H,14-22H2,1-5H3,(H,32,37). The highest BCUT2D eigenvalue weighted by Gasteiger charge is 2.24. The van der Waals surface area contributed by atoms with Crippen LogP contribution in [0.15, 0.2) is 48.5 Å². The molecule has 6 nitrogen and oxygen atoms in total. The molecule has 2 aromatic rings. The van der Waals surface area contributed by atoms with Gasteiger partial charge in [0.1, 0.15) is 5.82 Å². The van der Waals surface area contributed by atoms with Crippen molar-refractivity contribution in [2.45, 2.75) is 54.0 Å². The number of nitrogens with zero attached hydrogens (tertiary/aromatic N) is 3. The van der Waals surface area contributed by atoms with Crippen molar-refractivity contribution in [3.8, 4) is 0 Å². The minimum atomic E-state index is -0.273. The fourth-order valence-electron chi connectivity index (χ4n) is 4.99. The molecular weight excluding hydrogens is 467 g/mol.